The van der Waals surface area contributed by atoms with E-state index in [-0.39, 0.29) is 5.91 Å². The smallest absolute Gasteiger partial charge is 0.254 e. The minimum absolute atomic E-state index is 0.0249. The highest BCUT2D eigenvalue weighted by Crippen LogP contribution is 2.34. The lowest BCUT2D eigenvalue weighted by molar-refractivity contribution is 0.0746. The van der Waals surface area contributed by atoms with Crippen molar-refractivity contribution in [3.8, 4) is 11.5 Å². The first-order valence-corrected chi connectivity index (χ1v) is 9.96. The first-order valence-electron chi connectivity index (χ1n) is 9.96. The predicted molar refractivity (Wildman–Crippen MR) is 117 cm³/mol. The summed E-state index contributed by atoms with van der Waals surface area (Å²) in [5.74, 6) is 1.25. The lowest BCUT2D eigenvalue weighted by Gasteiger charge is -2.37. The van der Waals surface area contributed by atoms with Gasteiger partial charge in [-0.2, -0.15) is 0 Å². The minimum Gasteiger partial charge on any atom is -0.493 e. The number of anilines is 1. The van der Waals surface area contributed by atoms with Crippen LogP contribution in [0.1, 0.15) is 27.0 Å². The first kappa shape index (κ1) is 20.8. The Morgan fingerprint density at radius 2 is 1.83 bits per heavy atom. The van der Waals surface area contributed by atoms with Gasteiger partial charge in [0, 0.05) is 43.0 Å². The summed E-state index contributed by atoms with van der Waals surface area (Å²) in [7, 11) is 3.20. The number of rotatable bonds is 6. The van der Waals surface area contributed by atoms with Gasteiger partial charge in [0.25, 0.3) is 5.91 Å². The first-order chi connectivity index (χ1) is 14.0. The normalized spacial score (nSPS) is 13.9. The predicted octanol–water partition coefficient (Wildman–Crippen LogP) is 4.01. The SMILES string of the molecule is C=CCc1cc(C(=O)N2CCN(c3cccc(C)c3C)CC2)cc(OC)c1OC. The number of aryl methyl sites for hydroxylation is 1. The molecule has 0 radical (unpaired) electrons. The van der Waals surface area contributed by atoms with Crippen molar-refractivity contribution in [1.82, 2.24) is 4.90 Å². The molecule has 0 N–H and O–H groups in total. The second-order valence-electron chi connectivity index (χ2n) is 7.36. The van der Waals surface area contributed by atoms with Crippen LogP contribution in [0.4, 0.5) is 5.69 Å². The molecule has 1 heterocycles. The van der Waals surface area contributed by atoms with Crippen molar-refractivity contribution in [2.75, 3.05) is 45.3 Å². The zero-order valence-corrected chi connectivity index (χ0v) is 17.8. The number of carbonyl (C=O) groups excluding carboxylic acids is 1. The Labute approximate surface area is 173 Å². The van der Waals surface area contributed by atoms with Crippen LogP contribution < -0.4 is 14.4 Å². The van der Waals surface area contributed by atoms with E-state index in [1.165, 1.54) is 16.8 Å². The third-order valence-corrected chi connectivity index (χ3v) is 5.65. The fraction of sp³-hybridized carbons (Fsp3) is 0.375. The number of amides is 1. The molecule has 5 nitrogen and oxygen atoms in total. The van der Waals surface area contributed by atoms with E-state index in [1.807, 2.05) is 11.0 Å². The maximum Gasteiger partial charge on any atom is 0.254 e. The molecule has 0 unspecified atom stereocenters. The van der Waals surface area contributed by atoms with Crippen molar-refractivity contribution in [3.05, 3.63) is 65.2 Å². The molecular weight excluding hydrogens is 364 g/mol. The van der Waals surface area contributed by atoms with Crippen molar-refractivity contribution in [2.45, 2.75) is 20.3 Å². The number of carbonyl (C=O) groups is 1. The van der Waals surface area contributed by atoms with E-state index in [0.29, 0.717) is 36.6 Å². The van der Waals surface area contributed by atoms with Crippen molar-refractivity contribution < 1.29 is 14.3 Å². The van der Waals surface area contributed by atoms with Crippen LogP contribution in [0.25, 0.3) is 0 Å². The molecule has 0 saturated carbocycles. The van der Waals surface area contributed by atoms with E-state index in [2.05, 4.69) is 43.5 Å². The summed E-state index contributed by atoms with van der Waals surface area (Å²) in [6.07, 6.45) is 2.41. The highest BCUT2D eigenvalue weighted by molar-refractivity contribution is 5.95. The number of hydrogen-bond donors (Lipinski definition) is 0. The standard InChI is InChI=1S/C24H30N2O3/c1-6-8-19-15-20(16-22(28-4)23(19)29-5)24(27)26-13-11-25(12-14-26)21-10-7-9-17(2)18(21)3/h6-7,9-10,15-16H,1,8,11-14H2,2-5H3. The Morgan fingerprint density at radius 1 is 1.10 bits per heavy atom. The summed E-state index contributed by atoms with van der Waals surface area (Å²) >= 11 is 0. The summed E-state index contributed by atoms with van der Waals surface area (Å²) in [6, 6.07) is 10.1. The molecule has 0 aromatic heterocycles. The van der Waals surface area contributed by atoms with Gasteiger partial charge in [0.2, 0.25) is 0 Å². The molecule has 29 heavy (non-hydrogen) atoms. The summed E-state index contributed by atoms with van der Waals surface area (Å²) in [5.41, 5.74) is 5.39. The minimum atomic E-state index is 0.0249. The Hall–Kier alpha value is -2.95. The van der Waals surface area contributed by atoms with Crippen molar-refractivity contribution >= 4 is 11.6 Å². The lowest BCUT2D eigenvalue weighted by atomic mass is 10.0. The highest BCUT2D eigenvalue weighted by Gasteiger charge is 2.25. The van der Waals surface area contributed by atoms with Crippen LogP contribution in [0, 0.1) is 13.8 Å². The number of benzene rings is 2. The molecule has 1 aliphatic rings. The summed E-state index contributed by atoms with van der Waals surface area (Å²) in [6.45, 7) is 11.1. The molecule has 0 aliphatic carbocycles. The van der Waals surface area contributed by atoms with Gasteiger partial charge in [0.15, 0.2) is 11.5 Å². The molecule has 154 valence electrons. The van der Waals surface area contributed by atoms with Gasteiger partial charge in [-0.25, -0.2) is 0 Å². The van der Waals surface area contributed by atoms with E-state index in [0.717, 1.165) is 18.7 Å². The van der Waals surface area contributed by atoms with Crippen LogP contribution in [0.3, 0.4) is 0 Å². The van der Waals surface area contributed by atoms with Crippen LogP contribution in [0.5, 0.6) is 11.5 Å². The highest BCUT2D eigenvalue weighted by atomic mass is 16.5. The van der Waals surface area contributed by atoms with E-state index in [9.17, 15) is 4.79 Å². The third kappa shape index (κ3) is 4.24. The number of nitrogens with zero attached hydrogens (tertiary/aromatic N) is 2. The average Bonchev–Trinajstić information content (AvgIpc) is 2.75. The second kappa shape index (κ2) is 9.03. The second-order valence-corrected chi connectivity index (χ2v) is 7.36. The Balaban J connectivity index is 1.77. The van der Waals surface area contributed by atoms with Gasteiger partial charge in [-0.1, -0.05) is 18.2 Å². The molecule has 1 fully saturated rings. The number of ether oxygens (including phenoxy) is 2. The largest absolute Gasteiger partial charge is 0.493 e. The molecule has 0 bridgehead atoms. The van der Waals surface area contributed by atoms with Gasteiger partial charge in [-0.3, -0.25) is 4.79 Å². The topological polar surface area (TPSA) is 42.0 Å². The molecule has 0 spiro atoms. The Kier molecular flexibility index (Phi) is 6.47. The van der Waals surface area contributed by atoms with Crippen LogP contribution in [-0.4, -0.2) is 51.2 Å². The third-order valence-electron chi connectivity index (χ3n) is 5.65. The molecule has 2 aromatic rings. The number of piperazine rings is 1. The Morgan fingerprint density at radius 3 is 2.45 bits per heavy atom. The molecule has 5 heteroatoms. The van der Waals surface area contributed by atoms with E-state index >= 15 is 0 Å². The molecular formula is C24H30N2O3. The van der Waals surface area contributed by atoms with Crippen LogP contribution in [0.15, 0.2) is 43.0 Å². The molecule has 0 atom stereocenters. The van der Waals surface area contributed by atoms with Crippen LogP contribution >= 0.6 is 0 Å². The van der Waals surface area contributed by atoms with E-state index in [1.54, 1.807) is 26.4 Å². The molecule has 1 saturated heterocycles. The van der Waals surface area contributed by atoms with E-state index in [4.69, 9.17) is 9.47 Å². The molecule has 1 amide bonds. The maximum absolute atomic E-state index is 13.2. The summed E-state index contributed by atoms with van der Waals surface area (Å²) < 4.78 is 10.9. The maximum atomic E-state index is 13.2. The van der Waals surface area contributed by atoms with Gasteiger partial charge >= 0.3 is 0 Å². The zero-order valence-electron chi connectivity index (χ0n) is 17.8. The van der Waals surface area contributed by atoms with Gasteiger partial charge in [-0.15, -0.1) is 6.58 Å². The quantitative estimate of drug-likeness (QED) is 0.694. The molecule has 2 aromatic carbocycles. The number of allylic oxidation sites excluding steroid dienone is 1. The average molecular weight is 395 g/mol. The van der Waals surface area contributed by atoms with Gasteiger partial charge in [-0.05, 0) is 49.6 Å². The van der Waals surface area contributed by atoms with Gasteiger partial charge < -0.3 is 19.3 Å². The van der Waals surface area contributed by atoms with Crippen molar-refractivity contribution in [1.29, 1.82) is 0 Å². The van der Waals surface area contributed by atoms with Crippen molar-refractivity contribution in [2.24, 2.45) is 0 Å². The number of methoxy groups -OCH3 is 2. The van der Waals surface area contributed by atoms with Crippen molar-refractivity contribution in [3.63, 3.8) is 0 Å². The fourth-order valence-electron chi connectivity index (χ4n) is 3.89. The fourth-order valence-corrected chi connectivity index (χ4v) is 3.89. The van der Waals surface area contributed by atoms with E-state index < -0.39 is 0 Å². The summed E-state index contributed by atoms with van der Waals surface area (Å²) in [5, 5.41) is 0. The monoisotopic (exact) mass is 394 g/mol. The number of hydrogen-bond acceptors (Lipinski definition) is 4. The lowest BCUT2D eigenvalue weighted by Crippen LogP contribution is -2.49. The summed E-state index contributed by atoms with van der Waals surface area (Å²) in [4.78, 5) is 17.5. The molecule has 3 rings (SSSR count). The van der Waals surface area contributed by atoms with Crippen LogP contribution in [0.2, 0.25) is 0 Å². The zero-order chi connectivity index (χ0) is 21.0. The van der Waals surface area contributed by atoms with Crippen LogP contribution in [-0.2, 0) is 6.42 Å². The van der Waals surface area contributed by atoms with Gasteiger partial charge in [0.05, 0.1) is 14.2 Å². The Bertz CT molecular complexity index is 899. The van der Waals surface area contributed by atoms with Gasteiger partial charge in [0.1, 0.15) is 0 Å². The molecule has 1 aliphatic heterocycles.